The fourth-order valence-electron chi connectivity index (χ4n) is 2.55. The van der Waals surface area contributed by atoms with Crippen molar-refractivity contribution < 1.29 is 14.3 Å². The summed E-state index contributed by atoms with van der Waals surface area (Å²) in [6, 6.07) is 9.28. The molecule has 1 aliphatic rings. The Balaban J connectivity index is 2.06. The maximum absolute atomic E-state index is 12.1. The molecule has 26 heavy (non-hydrogen) atoms. The molecule has 8 heteroatoms. The van der Waals surface area contributed by atoms with E-state index in [1.165, 1.54) is 0 Å². The normalized spacial score (nSPS) is 16.8. The third kappa shape index (κ3) is 5.77. The number of amides is 2. The Hall–Kier alpha value is -2.01. The zero-order valence-electron chi connectivity index (χ0n) is 14.4. The minimum atomic E-state index is -0.335. The Morgan fingerprint density at radius 2 is 2.19 bits per heavy atom. The number of hydrogen-bond donors (Lipinski definition) is 2. The predicted octanol–water partition coefficient (Wildman–Crippen LogP) is 2.56. The van der Waals surface area contributed by atoms with Crippen LogP contribution in [-0.4, -0.2) is 37.8 Å². The molecule has 6 nitrogen and oxygen atoms in total. The molecule has 0 fully saturated rings. The Bertz CT molecular complexity index is 728. The van der Waals surface area contributed by atoms with E-state index in [-0.39, 0.29) is 29.9 Å². The van der Waals surface area contributed by atoms with E-state index in [1.807, 2.05) is 12.1 Å². The van der Waals surface area contributed by atoms with Gasteiger partial charge in [0.15, 0.2) is 0 Å². The molecule has 2 N–H and O–H groups in total. The third-order valence-corrected chi connectivity index (χ3v) is 5.09. The summed E-state index contributed by atoms with van der Waals surface area (Å²) in [5.41, 5.74) is 1.31. The van der Waals surface area contributed by atoms with Gasteiger partial charge in [0, 0.05) is 37.6 Å². The summed E-state index contributed by atoms with van der Waals surface area (Å²) in [5, 5.41) is 16.1. The second-order valence-electron chi connectivity index (χ2n) is 5.70. The minimum absolute atomic E-state index is 0.126. The second-order valence-corrected chi connectivity index (χ2v) is 7.12. The molecule has 0 aliphatic carbocycles. The van der Waals surface area contributed by atoms with E-state index in [1.54, 1.807) is 19.2 Å². The number of carbonyl (C=O) groups is 2. The van der Waals surface area contributed by atoms with Crippen molar-refractivity contribution in [3.63, 3.8) is 0 Å². The molecule has 1 aromatic rings. The predicted molar refractivity (Wildman–Crippen MR) is 102 cm³/mol. The van der Waals surface area contributed by atoms with Gasteiger partial charge in [-0.3, -0.25) is 9.59 Å². The topological polar surface area (TPSA) is 91.2 Å². The summed E-state index contributed by atoms with van der Waals surface area (Å²) in [5.74, 6) is -0.537. The van der Waals surface area contributed by atoms with Crippen LogP contribution < -0.4 is 10.6 Å². The first-order valence-corrected chi connectivity index (χ1v) is 9.49. The molecule has 2 rings (SSSR count). The molecule has 0 saturated heterocycles. The number of halogens is 1. The van der Waals surface area contributed by atoms with Crippen molar-refractivity contribution >= 4 is 35.2 Å². The lowest BCUT2D eigenvalue weighted by Crippen LogP contribution is -2.32. The SMILES string of the molecule is COCCCNC(=O)CSC1=C(C#N)[C@H](c2ccc(Cl)cc2)CC(=O)N1. The first kappa shape index (κ1) is 20.3. The number of nitrogens with zero attached hydrogens (tertiary/aromatic N) is 1. The van der Waals surface area contributed by atoms with Crippen LogP contribution in [0.1, 0.15) is 24.3 Å². The van der Waals surface area contributed by atoms with Crippen LogP contribution >= 0.6 is 23.4 Å². The molecule has 1 aromatic carbocycles. The molecule has 0 spiro atoms. The average Bonchev–Trinajstić information content (AvgIpc) is 2.63. The van der Waals surface area contributed by atoms with Crippen LogP contribution in [0.3, 0.4) is 0 Å². The molecule has 1 aliphatic heterocycles. The van der Waals surface area contributed by atoms with E-state index < -0.39 is 0 Å². The van der Waals surface area contributed by atoms with Gasteiger partial charge in [-0.05, 0) is 24.1 Å². The van der Waals surface area contributed by atoms with Gasteiger partial charge in [0.25, 0.3) is 0 Å². The highest BCUT2D eigenvalue weighted by Crippen LogP contribution is 2.36. The second kappa shape index (κ2) is 10.2. The van der Waals surface area contributed by atoms with Gasteiger partial charge in [-0.15, -0.1) is 0 Å². The molecule has 1 heterocycles. The molecule has 1 atom stereocenters. The Labute approximate surface area is 161 Å². The van der Waals surface area contributed by atoms with E-state index in [4.69, 9.17) is 16.3 Å². The van der Waals surface area contributed by atoms with E-state index >= 15 is 0 Å². The van der Waals surface area contributed by atoms with Gasteiger partial charge < -0.3 is 15.4 Å². The number of methoxy groups -OCH3 is 1. The van der Waals surface area contributed by atoms with Gasteiger partial charge >= 0.3 is 0 Å². The van der Waals surface area contributed by atoms with Crippen molar-refractivity contribution in [3.8, 4) is 6.07 Å². The maximum atomic E-state index is 12.1. The number of ether oxygens (including phenoxy) is 1. The lowest BCUT2D eigenvalue weighted by molar-refractivity contribution is -0.121. The number of carbonyl (C=O) groups excluding carboxylic acids is 2. The largest absolute Gasteiger partial charge is 0.385 e. The van der Waals surface area contributed by atoms with Gasteiger partial charge in [-0.25, -0.2) is 0 Å². The highest BCUT2D eigenvalue weighted by atomic mass is 35.5. The number of hydrogen-bond acceptors (Lipinski definition) is 5. The quantitative estimate of drug-likeness (QED) is 0.662. The van der Waals surface area contributed by atoms with Crippen molar-refractivity contribution in [1.29, 1.82) is 5.26 Å². The van der Waals surface area contributed by atoms with Crippen molar-refractivity contribution in [2.75, 3.05) is 26.0 Å². The zero-order chi connectivity index (χ0) is 18.9. The fourth-order valence-corrected chi connectivity index (χ4v) is 3.58. The summed E-state index contributed by atoms with van der Waals surface area (Å²) in [4.78, 5) is 24.0. The van der Waals surface area contributed by atoms with Crippen LogP contribution in [0.5, 0.6) is 0 Å². The van der Waals surface area contributed by atoms with Crippen LogP contribution in [0.15, 0.2) is 34.9 Å². The van der Waals surface area contributed by atoms with E-state index in [9.17, 15) is 14.9 Å². The third-order valence-electron chi connectivity index (χ3n) is 3.82. The lowest BCUT2D eigenvalue weighted by atomic mass is 9.87. The first-order chi connectivity index (χ1) is 12.5. The number of nitriles is 1. The number of thioether (sulfide) groups is 1. The molecule has 0 radical (unpaired) electrons. The van der Waals surface area contributed by atoms with Crippen molar-refractivity contribution in [2.45, 2.75) is 18.8 Å². The van der Waals surface area contributed by atoms with Crippen LogP contribution in [0.2, 0.25) is 5.02 Å². The van der Waals surface area contributed by atoms with E-state index in [0.29, 0.717) is 28.8 Å². The summed E-state index contributed by atoms with van der Waals surface area (Å²) in [6.45, 7) is 1.10. The summed E-state index contributed by atoms with van der Waals surface area (Å²) >= 11 is 7.07. The zero-order valence-corrected chi connectivity index (χ0v) is 16.0. The summed E-state index contributed by atoms with van der Waals surface area (Å²) < 4.78 is 4.92. The van der Waals surface area contributed by atoms with Gasteiger partial charge in [0.05, 0.1) is 22.4 Å². The molecule has 0 saturated carbocycles. The number of nitrogens with one attached hydrogen (secondary N) is 2. The van der Waals surface area contributed by atoms with Gasteiger partial charge in [-0.1, -0.05) is 35.5 Å². The fraction of sp³-hybridized carbons (Fsp3) is 0.389. The van der Waals surface area contributed by atoms with E-state index in [2.05, 4.69) is 16.7 Å². The monoisotopic (exact) mass is 393 g/mol. The first-order valence-electron chi connectivity index (χ1n) is 8.13. The summed E-state index contributed by atoms with van der Waals surface area (Å²) in [7, 11) is 1.61. The van der Waals surface area contributed by atoms with E-state index in [0.717, 1.165) is 23.7 Å². The van der Waals surface area contributed by atoms with Crippen molar-refractivity contribution in [3.05, 3.63) is 45.5 Å². The minimum Gasteiger partial charge on any atom is -0.385 e. The van der Waals surface area contributed by atoms with Gasteiger partial charge in [-0.2, -0.15) is 5.26 Å². The molecule has 2 amide bonds. The maximum Gasteiger partial charge on any atom is 0.230 e. The molecule has 138 valence electrons. The van der Waals surface area contributed by atoms with Crippen molar-refractivity contribution in [1.82, 2.24) is 10.6 Å². The lowest BCUT2D eigenvalue weighted by Gasteiger charge is -2.25. The standard InChI is InChI=1S/C18H20ClN3O3S/c1-25-8-2-7-21-17(24)11-26-18-15(10-20)14(9-16(23)22-18)12-3-5-13(19)6-4-12/h3-6,14H,2,7-9,11H2,1H3,(H,21,24)(H,22,23)/t14-/m0/s1. The number of benzene rings is 1. The molecular weight excluding hydrogens is 374 g/mol. The molecule has 0 unspecified atom stereocenters. The highest BCUT2D eigenvalue weighted by Gasteiger charge is 2.29. The number of rotatable bonds is 8. The van der Waals surface area contributed by atoms with Crippen molar-refractivity contribution in [2.24, 2.45) is 0 Å². The number of allylic oxidation sites excluding steroid dienone is 1. The summed E-state index contributed by atoms with van der Waals surface area (Å²) in [6.07, 6.45) is 0.923. The Kier molecular flexibility index (Phi) is 7.98. The highest BCUT2D eigenvalue weighted by molar-refractivity contribution is 8.03. The van der Waals surface area contributed by atoms with Crippen LogP contribution in [0.4, 0.5) is 0 Å². The Morgan fingerprint density at radius 3 is 2.85 bits per heavy atom. The van der Waals surface area contributed by atoms with Gasteiger partial charge in [0.1, 0.15) is 0 Å². The smallest absolute Gasteiger partial charge is 0.230 e. The average molecular weight is 394 g/mol. The molecular formula is C18H20ClN3O3S. The van der Waals surface area contributed by atoms with Crippen LogP contribution in [0, 0.1) is 11.3 Å². The van der Waals surface area contributed by atoms with Crippen LogP contribution in [-0.2, 0) is 14.3 Å². The molecule has 0 aromatic heterocycles. The van der Waals surface area contributed by atoms with Crippen LogP contribution in [0.25, 0.3) is 0 Å². The van der Waals surface area contributed by atoms with Gasteiger partial charge in [0.2, 0.25) is 11.8 Å². The molecule has 0 bridgehead atoms. The Morgan fingerprint density at radius 1 is 1.46 bits per heavy atom.